The molecule has 182 valence electrons. The van der Waals surface area contributed by atoms with Crippen molar-refractivity contribution in [3.63, 3.8) is 0 Å². The molecule has 2 heterocycles. The smallest absolute Gasteiger partial charge is 0.296 e. The minimum Gasteiger partial charge on any atom is -0.507 e. The van der Waals surface area contributed by atoms with Crippen molar-refractivity contribution in [2.24, 2.45) is 0 Å². The highest BCUT2D eigenvalue weighted by Crippen LogP contribution is 2.44. The van der Waals surface area contributed by atoms with E-state index in [1.54, 1.807) is 18.2 Å². The number of likely N-dealkylation sites (tertiary alicyclic amines) is 1. The number of methoxy groups -OCH3 is 3. The maximum absolute atomic E-state index is 13.2. The van der Waals surface area contributed by atoms with E-state index in [1.165, 1.54) is 56.8 Å². The maximum atomic E-state index is 13.2. The minimum absolute atomic E-state index is 0.0493. The molecule has 0 saturated carbocycles. The van der Waals surface area contributed by atoms with E-state index in [2.05, 4.69) is 0 Å². The van der Waals surface area contributed by atoms with E-state index in [4.69, 9.17) is 30.2 Å². The maximum Gasteiger partial charge on any atom is 0.296 e. The summed E-state index contributed by atoms with van der Waals surface area (Å²) in [5.74, 6) is -1.33. The van der Waals surface area contributed by atoms with Crippen LogP contribution in [-0.4, -0.2) is 48.1 Å². The van der Waals surface area contributed by atoms with E-state index < -0.39 is 23.5 Å². The van der Waals surface area contributed by atoms with Crippen molar-refractivity contribution in [3.8, 4) is 23.0 Å². The van der Waals surface area contributed by atoms with Crippen LogP contribution in [0.5, 0.6) is 23.0 Å². The molecule has 3 aromatic rings. The first-order valence-electron chi connectivity index (χ1n) is 10.4. The number of benzene rings is 2. The topological polar surface area (TPSA) is 119 Å². The summed E-state index contributed by atoms with van der Waals surface area (Å²) in [6, 6.07) is 9.58. The minimum atomic E-state index is -1.05. The van der Waals surface area contributed by atoms with E-state index in [1.807, 2.05) is 0 Å². The second-order valence-electron chi connectivity index (χ2n) is 7.62. The summed E-state index contributed by atoms with van der Waals surface area (Å²) < 4.78 is 21.1. The zero-order valence-corrected chi connectivity index (χ0v) is 19.8. The van der Waals surface area contributed by atoms with Crippen LogP contribution in [0.1, 0.15) is 22.9 Å². The Balaban J connectivity index is 1.94. The van der Waals surface area contributed by atoms with Crippen molar-refractivity contribution in [3.05, 3.63) is 76.2 Å². The molecule has 2 N–H and O–H groups in total. The molecular formula is C25H22ClNO8. The first-order valence-corrected chi connectivity index (χ1v) is 10.8. The van der Waals surface area contributed by atoms with Gasteiger partial charge < -0.3 is 33.7 Å². The van der Waals surface area contributed by atoms with Gasteiger partial charge in [0.15, 0.2) is 11.5 Å². The van der Waals surface area contributed by atoms with Crippen LogP contribution in [0.15, 0.2) is 58.7 Å². The van der Waals surface area contributed by atoms with E-state index in [-0.39, 0.29) is 40.0 Å². The average Bonchev–Trinajstić information content (AvgIpc) is 3.45. The third-order valence-electron chi connectivity index (χ3n) is 5.69. The number of ether oxygens (including phenoxy) is 3. The van der Waals surface area contributed by atoms with Gasteiger partial charge in [0.05, 0.1) is 56.3 Å². The molecule has 1 saturated heterocycles. The molecule has 0 aliphatic carbocycles. The van der Waals surface area contributed by atoms with Crippen molar-refractivity contribution >= 4 is 29.1 Å². The molecule has 4 rings (SSSR count). The van der Waals surface area contributed by atoms with Crippen molar-refractivity contribution in [1.82, 2.24) is 4.90 Å². The number of hydrogen-bond donors (Lipinski definition) is 2. The van der Waals surface area contributed by atoms with Gasteiger partial charge in [-0.2, -0.15) is 0 Å². The fourth-order valence-electron chi connectivity index (χ4n) is 4.03. The van der Waals surface area contributed by atoms with Crippen molar-refractivity contribution in [2.45, 2.75) is 12.6 Å². The first-order chi connectivity index (χ1) is 16.8. The molecule has 1 unspecified atom stereocenters. The Morgan fingerprint density at radius 1 is 1.03 bits per heavy atom. The number of amides is 1. The molecular weight excluding hydrogens is 478 g/mol. The molecule has 1 atom stereocenters. The highest BCUT2D eigenvalue weighted by atomic mass is 35.5. The summed E-state index contributed by atoms with van der Waals surface area (Å²) in [6.07, 6.45) is 1.45. The van der Waals surface area contributed by atoms with Gasteiger partial charge in [0.1, 0.15) is 23.0 Å². The second kappa shape index (κ2) is 9.63. The van der Waals surface area contributed by atoms with Gasteiger partial charge in [0, 0.05) is 6.07 Å². The van der Waals surface area contributed by atoms with Gasteiger partial charge in [-0.3, -0.25) is 9.59 Å². The number of phenols is 1. The molecule has 0 spiro atoms. The number of halogens is 1. The Hall–Kier alpha value is -4.11. The number of phenolic OH excluding ortho intramolecular Hbond substituents is 1. The molecule has 1 fully saturated rings. The third kappa shape index (κ3) is 4.26. The van der Waals surface area contributed by atoms with Gasteiger partial charge >= 0.3 is 0 Å². The van der Waals surface area contributed by atoms with Crippen LogP contribution in [0.2, 0.25) is 5.02 Å². The number of carbonyl (C=O) groups excluding carboxylic acids is 2. The molecule has 1 aliphatic rings. The molecule has 1 amide bonds. The SMILES string of the molecule is COc1ccc(C2/C(=C(\O)c3cc(Cl)c(OC)cc3OC)C(=O)C(=O)N2Cc2ccco2)cc1O. The number of rotatable bonds is 7. The molecule has 0 bridgehead atoms. The van der Waals surface area contributed by atoms with Crippen molar-refractivity contribution in [1.29, 1.82) is 0 Å². The van der Waals surface area contributed by atoms with Crippen molar-refractivity contribution in [2.75, 3.05) is 21.3 Å². The van der Waals surface area contributed by atoms with Crippen LogP contribution in [-0.2, 0) is 16.1 Å². The monoisotopic (exact) mass is 499 g/mol. The lowest BCUT2D eigenvalue weighted by Gasteiger charge is -2.25. The van der Waals surface area contributed by atoms with E-state index in [0.717, 1.165) is 0 Å². The van der Waals surface area contributed by atoms with Gasteiger partial charge in [-0.25, -0.2) is 0 Å². The predicted molar refractivity (Wildman–Crippen MR) is 126 cm³/mol. The number of aliphatic hydroxyl groups excluding tert-OH is 1. The highest BCUT2D eigenvalue weighted by molar-refractivity contribution is 6.46. The Morgan fingerprint density at radius 2 is 1.74 bits per heavy atom. The number of furan rings is 1. The van der Waals surface area contributed by atoms with Gasteiger partial charge in [0.25, 0.3) is 11.7 Å². The van der Waals surface area contributed by atoms with Crippen LogP contribution >= 0.6 is 11.6 Å². The fourth-order valence-corrected chi connectivity index (χ4v) is 4.27. The van der Waals surface area contributed by atoms with Crippen LogP contribution < -0.4 is 14.2 Å². The van der Waals surface area contributed by atoms with Gasteiger partial charge in [-0.1, -0.05) is 17.7 Å². The third-order valence-corrected chi connectivity index (χ3v) is 5.99. The number of hydrogen-bond acceptors (Lipinski definition) is 8. The molecule has 35 heavy (non-hydrogen) atoms. The zero-order valence-electron chi connectivity index (χ0n) is 19.1. The summed E-state index contributed by atoms with van der Waals surface area (Å²) in [4.78, 5) is 27.6. The van der Waals surface area contributed by atoms with Crippen LogP contribution in [0.25, 0.3) is 5.76 Å². The number of aliphatic hydroxyl groups is 1. The molecule has 0 radical (unpaired) electrons. The van der Waals surface area contributed by atoms with Gasteiger partial charge in [-0.15, -0.1) is 0 Å². The first kappa shape index (κ1) is 24.0. The summed E-state index contributed by atoms with van der Waals surface area (Å²) >= 11 is 6.27. The Bertz CT molecular complexity index is 1320. The Kier molecular flexibility index (Phi) is 6.61. The summed E-state index contributed by atoms with van der Waals surface area (Å²) in [7, 11) is 4.21. The average molecular weight is 500 g/mol. The highest BCUT2D eigenvalue weighted by Gasteiger charge is 2.47. The lowest BCUT2D eigenvalue weighted by molar-refractivity contribution is -0.140. The standard InChI is InChI=1S/C25H22ClNO8/c1-32-18-7-6-13(9-17(18)28)22-21(24(30)25(31)27(22)12-14-5-4-8-35-14)23(29)15-10-16(26)20(34-3)11-19(15)33-2/h4-11,22,28-29H,12H2,1-3H3/b23-21+. The summed E-state index contributed by atoms with van der Waals surface area (Å²) in [6.45, 7) is -0.0493. The van der Waals surface area contributed by atoms with Crippen molar-refractivity contribution < 1.29 is 38.4 Å². The molecule has 9 nitrogen and oxygen atoms in total. The molecule has 10 heteroatoms. The Labute approximate surface area is 205 Å². The van der Waals surface area contributed by atoms with E-state index in [9.17, 15) is 19.8 Å². The molecule has 1 aliphatic heterocycles. The zero-order chi connectivity index (χ0) is 25.3. The predicted octanol–water partition coefficient (Wildman–Crippen LogP) is 4.29. The van der Waals surface area contributed by atoms with Crippen LogP contribution in [0.3, 0.4) is 0 Å². The molecule has 1 aromatic heterocycles. The van der Waals surface area contributed by atoms with Crippen LogP contribution in [0.4, 0.5) is 0 Å². The number of ketones is 1. The summed E-state index contributed by atoms with van der Waals surface area (Å²) in [5.41, 5.74) is 0.261. The number of nitrogens with zero attached hydrogens (tertiary/aromatic N) is 1. The van der Waals surface area contributed by atoms with E-state index in [0.29, 0.717) is 17.1 Å². The Morgan fingerprint density at radius 3 is 2.34 bits per heavy atom. The lowest BCUT2D eigenvalue weighted by atomic mass is 9.94. The number of Topliss-reactive ketones (excluding diaryl/α,β-unsaturated/α-hetero) is 1. The summed E-state index contributed by atoms with van der Waals surface area (Å²) in [5, 5.41) is 21.9. The number of carbonyl (C=O) groups is 2. The normalized spacial score (nSPS) is 17.0. The van der Waals surface area contributed by atoms with Crippen LogP contribution in [0, 0.1) is 0 Å². The fraction of sp³-hybridized carbons (Fsp3) is 0.200. The second-order valence-corrected chi connectivity index (χ2v) is 8.03. The largest absolute Gasteiger partial charge is 0.507 e. The molecule has 2 aromatic carbocycles. The quantitative estimate of drug-likeness (QED) is 0.281. The van der Waals surface area contributed by atoms with Gasteiger partial charge in [0.2, 0.25) is 0 Å². The number of aromatic hydroxyl groups is 1. The van der Waals surface area contributed by atoms with Gasteiger partial charge in [-0.05, 0) is 35.9 Å². The van der Waals surface area contributed by atoms with E-state index >= 15 is 0 Å². The lowest BCUT2D eigenvalue weighted by Crippen LogP contribution is -2.29.